The average molecular weight is 774 g/mol. The lowest BCUT2D eigenvalue weighted by Crippen LogP contribution is -2.63. The molecule has 2 atom stereocenters. The number of benzene rings is 1. The molecule has 4 aromatic rings. The first kappa shape index (κ1) is 38.1. The van der Waals surface area contributed by atoms with Crippen LogP contribution in [0.4, 0.5) is 10.7 Å². The fraction of sp³-hybridized carbons (Fsp3) is 0.583. The number of piperazine rings is 1. The Hall–Kier alpha value is -3.59. The van der Waals surface area contributed by atoms with Crippen LogP contribution in [0.2, 0.25) is 35.9 Å². The molecule has 2 fully saturated rings. The molecule has 0 aliphatic carbocycles. The molecule has 0 N–H and O–H groups in total. The molecular formula is C36H50Cl2N8O5Si. The number of anilines is 1. The maximum absolute atomic E-state index is 14.6. The number of halogens is 2. The number of nitrogens with zero attached hydrogens (tertiary/aromatic N) is 8. The summed E-state index contributed by atoms with van der Waals surface area (Å²) in [5.74, 6) is 0.393. The Morgan fingerprint density at radius 3 is 2.33 bits per heavy atom. The van der Waals surface area contributed by atoms with Crippen molar-refractivity contribution < 1.29 is 19.1 Å². The van der Waals surface area contributed by atoms with Gasteiger partial charge in [0.05, 0.1) is 21.3 Å². The minimum absolute atomic E-state index is 0.0265. The van der Waals surface area contributed by atoms with E-state index in [1.807, 2.05) is 37.6 Å². The van der Waals surface area contributed by atoms with E-state index in [9.17, 15) is 14.4 Å². The third kappa shape index (κ3) is 7.57. The fourth-order valence-electron chi connectivity index (χ4n) is 7.02. The number of likely N-dealkylation sites (tertiary alicyclic amines) is 1. The molecule has 2 aliphatic heterocycles. The number of likely N-dealkylation sites (N-methyl/N-ethyl adjacent to an activating group) is 1. The van der Waals surface area contributed by atoms with E-state index in [0.717, 1.165) is 25.3 Å². The summed E-state index contributed by atoms with van der Waals surface area (Å²) < 4.78 is 16.9. The van der Waals surface area contributed by atoms with Gasteiger partial charge in [-0.2, -0.15) is 10.1 Å². The quantitative estimate of drug-likeness (QED) is 0.141. The smallest absolute Gasteiger partial charge is 0.410 e. The number of carbonyl (C=O) groups excluding carboxylic acids is 2. The minimum Gasteiger partial charge on any atom is -0.444 e. The summed E-state index contributed by atoms with van der Waals surface area (Å²) in [6.45, 7) is 14.2. The molecule has 6 rings (SSSR count). The van der Waals surface area contributed by atoms with Gasteiger partial charge in [-0.1, -0.05) is 48.9 Å². The third-order valence-corrected chi connectivity index (χ3v) is 12.2. The van der Waals surface area contributed by atoms with Crippen molar-refractivity contribution in [3.63, 3.8) is 0 Å². The molecule has 3 aromatic heterocycles. The van der Waals surface area contributed by atoms with Crippen LogP contribution in [0.25, 0.3) is 33.1 Å². The van der Waals surface area contributed by atoms with E-state index in [2.05, 4.69) is 29.6 Å². The lowest BCUT2D eigenvalue weighted by atomic mass is 9.91. The van der Waals surface area contributed by atoms with Gasteiger partial charge in [-0.15, -0.1) is 0 Å². The van der Waals surface area contributed by atoms with E-state index >= 15 is 0 Å². The third-order valence-electron chi connectivity index (χ3n) is 9.76. The molecule has 0 saturated carbocycles. The molecule has 282 valence electrons. The molecule has 0 spiro atoms. The van der Waals surface area contributed by atoms with Crippen molar-refractivity contribution in [3.8, 4) is 11.1 Å². The standard InChI is InChI=1S/C36H50Cl2N8O5Si/c1-36(2,3)51-35(49)43-17-22-11-10-12-23(18-43)46(22)34-39-32-28(33(48)42(34)6)25(19-44(32)21-50-15-16-52(7,8)9)24-13-14-26-29(30(24)37)31(38)45(40-26)20-27(47)41(4)5/h13-14,19,22-23H,10-12,15-18,20-21H2,1-9H3. The second-order valence-corrected chi connectivity index (χ2v) is 22.8. The molecule has 2 unspecified atom stereocenters. The first-order chi connectivity index (χ1) is 24.3. The van der Waals surface area contributed by atoms with Crippen LogP contribution in [0.1, 0.15) is 40.0 Å². The van der Waals surface area contributed by atoms with Crippen LogP contribution < -0.4 is 10.5 Å². The van der Waals surface area contributed by atoms with Crippen LogP contribution in [-0.2, 0) is 34.6 Å². The molecule has 1 aromatic carbocycles. The van der Waals surface area contributed by atoms with Crippen LogP contribution in [0.3, 0.4) is 0 Å². The highest BCUT2D eigenvalue weighted by Crippen LogP contribution is 2.41. The van der Waals surface area contributed by atoms with Gasteiger partial charge in [0.1, 0.15) is 24.0 Å². The number of carbonyl (C=O) groups is 2. The Balaban J connectivity index is 1.44. The molecule has 16 heteroatoms. The summed E-state index contributed by atoms with van der Waals surface area (Å²) in [4.78, 5) is 50.9. The Morgan fingerprint density at radius 2 is 1.71 bits per heavy atom. The summed E-state index contributed by atoms with van der Waals surface area (Å²) in [6, 6.07) is 4.56. The van der Waals surface area contributed by atoms with Crippen molar-refractivity contribution in [2.45, 2.75) is 96.7 Å². The second-order valence-electron chi connectivity index (χ2n) is 16.4. The van der Waals surface area contributed by atoms with Gasteiger partial charge in [-0.05, 0) is 52.1 Å². The number of aromatic nitrogens is 5. The maximum atomic E-state index is 14.6. The summed E-state index contributed by atoms with van der Waals surface area (Å²) in [5, 5.41) is 6.00. The number of fused-ring (bicyclic) bond motifs is 4. The van der Waals surface area contributed by atoms with Crippen molar-refractivity contribution in [2.24, 2.45) is 7.05 Å². The highest BCUT2D eigenvalue weighted by molar-refractivity contribution is 6.76. The largest absolute Gasteiger partial charge is 0.444 e. The predicted octanol–water partition coefficient (Wildman–Crippen LogP) is 6.44. The van der Waals surface area contributed by atoms with Crippen LogP contribution in [0, 0.1) is 0 Å². The van der Waals surface area contributed by atoms with Crippen molar-refractivity contribution in [2.75, 3.05) is 38.7 Å². The predicted molar refractivity (Wildman–Crippen MR) is 208 cm³/mol. The van der Waals surface area contributed by atoms with Crippen molar-refractivity contribution in [1.29, 1.82) is 0 Å². The molecular weight excluding hydrogens is 723 g/mol. The van der Waals surface area contributed by atoms with E-state index in [1.165, 1.54) is 9.58 Å². The van der Waals surface area contributed by atoms with Crippen LogP contribution in [0.5, 0.6) is 0 Å². The Kier molecular flexibility index (Phi) is 10.5. The van der Waals surface area contributed by atoms with E-state index in [1.54, 1.807) is 36.7 Å². The summed E-state index contributed by atoms with van der Waals surface area (Å²) in [6.07, 6.45) is 4.30. The van der Waals surface area contributed by atoms with Gasteiger partial charge in [-0.3, -0.25) is 14.2 Å². The van der Waals surface area contributed by atoms with Crippen LogP contribution in [0.15, 0.2) is 23.1 Å². The number of piperidine rings is 1. The SMILES string of the molecule is CN(C)C(=O)Cn1nc2ccc(-c3cn(COCC[Si](C)(C)C)c4nc(N5C6CCCC5CN(C(=O)OC(C)(C)C)C6)n(C)c(=O)c34)c(Cl)c2c1Cl. The topological polar surface area (TPSA) is 120 Å². The average Bonchev–Trinajstić information content (AvgIpc) is 3.56. The Bertz CT molecular complexity index is 2070. The molecule has 2 aliphatic rings. The number of hydrogen-bond donors (Lipinski definition) is 0. The summed E-state index contributed by atoms with van der Waals surface area (Å²) >= 11 is 13.9. The van der Waals surface area contributed by atoms with Crippen molar-refractivity contribution in [1.82, 2.24) is 33.7 Å². The Labute approximate surface area is 315 Å². The normalized spacial score (nSPS) is 18.1. The lowest BCUT2D eigenvalue weighted by molar-refractivity contribution is -0.129. The van der Waals surface area contributed by atoms with E-state index in [0.29, 0.717) is 63.7 Å². The highest BCUT2D eigenvalue weighted by Gasteiger charge is 2.42. The number of ether oxygens (including phenoxy) is 2. The molecule has 2 saturated heterocycles. The zero-order chi connectivity index (χ0) is 37.9. The number of hydrogen-bond acceptors (Lipinski definition) is 8. The van der Waals surface area contributed by atoms with E-state index < -0.39 is 13.7 Å². The summed E-state index contributed by atoms with van der Waals surface area (Å²) in [7, 11) is 3.75. The van der Waals surface area contributed by atoms with Gasteiger partial charge in [0.15, 0.2) is 5.65 Å². The lowest BCUT2D eigenvalue weighted by Gasteiger charge is -2.50. The van der Waals surface area contributed by atoms with Gasteiger partial charge in [-0.25, -0.2) is 9.48 Å². The number of rotatable bonds is 9. The first-order valence-corrected chi connectivity index (χ1v) is 22.3. The molecule has 0 radical (unpaired) electrons. The van der Waals surface area contributed by atoms with E-state index in [4.69, 9.17) is 37.7 Å². The van der Waals surface area contributed by atoms with Crippen molar-refractivity contribution >= 4 is 71.2 Å². The zero-order valence-corrected chi connectivity index (χ0v) is 34.1. The fourth-order valence-corrected chi connectivity index (χ4v) is 8.46. The highest BCUT2D eigenvalue weighted by atomic mass is 35.5. The number of amides is 2. The van der Waals surface area contributed by atoms with E-state index in [-0.39, 0.29) is 48.1 Å². The molecule has 13 nitrogen and oxygen atoms in total. The molecule has 5 heterocycles. The van der Waals surface area contributed by atoms with Gasteiger partial charge >= 0.3 is 6.09 Å². The van der Waals surface area contributed by atoms with Gasteiger partial charge in [0.25, 0.3) is 5.56 Å². The van der Waals surface area contributed by atoms with Gasteiger partial charge < -0.3 is 28.7 Å². The minimum atomic E-state index is -1.35. The van der Waals surface area contributed by atoms with Crippen LogP contribution >= 0.6 is 23.2 Å². The first-order valence-electron chi connectivity index (χ1n) is 17.8. The zero-order valence-electron chi connectivity index (χ0n) is 31.6. The molecule has 52 heavy (non-hydrogen) atoms. The summed E-state index contributed by atoms with van der Waals surface area (Å²) in [5.41, 5.74) is 1.40. The maximum Gasteiger partial charge on any atom is 0.410 e. The molecule has 2 amide bonds. The monoisotopic (exact) mass is 772 g/mol. The van der Waals surface area contributed by atoms with Gasteiger partial charge in [0.2, 0.25) is 11.9 Å². The molecule has 2 bridgehead atoms. The second kappa shape index (κ2) is 14.3. The Morgan fingerprint density at radius 1 is 1.04 bits per heavy atom. The van der Waals surface area contributed by atoms with Crippen molar-refractivity contribution in [3.05, 3.63) is 38.9 Å². The van der Waals surface area contributed by atoms with Gasteiger partial charge in [0, 0.05) is 78.3 Å². The van der Waals surface area contributed by atoms with Crippen LogP contribution in [-0.4, -0.2) is 105 Å².